The monoisotopic (exact) mass is 490 g/mol. The molecule has 0 aliphatic heterocycles. The van der Waals surface area contributed by atoms with E-state index in [0.29, 0.717) is 10.7 Å². The molecule has 2 aromatic carbocycles. The summed E-state index contributed by atoms with van der Waals surface area (Å²) in [5.41, 5.74) is 2.78. The number of rotatable bonds is 4. The number of ether oxygens (including phenoxy) is 1. The van der Waals surface area contributed by atoms with E-state index in [1.165, 1.54) is 16.0 Å². The molecule has 136 valence electrons. The number of aliphatic imine (C=N–C) groups is 1. The number of thiazole rings is 1. The molecule has 0 aliphatic rings. The largest absolute Gasteiger partial charge is 0.497 e. The molecule has 0 fully saturated rings. The molecule has 0 saturated carbocycles. The van der Waals surface area contributed by atoms with Crippen LogP contribution in [0.3, 0.4) is 0 Å². The lowest BCUT2D eigenvalue weighted by Gasteiger charge is -2.00. The van der Waals surface area contributed by atoms with Crippen molar-refractivity contribution in [2.24, 2.45) is 4.99 Å². The van der Waals surface area contributed by atoms with E-state index in [9.17, 15) is 4.79 Å². The van der Waals surface area contributed by atoms with Gasteiger partial charge >= 0.3 is 0 Å². The highest BCUT2D eigenvalue weighted by Crippen LogP contribution is 2.30. The standard InChI is InChI=1S/C19H15IN4O2S/c1-11-15(18(25)24(23-11)13-5-3-12(20)4-6-13)10-21-19-22-16-8-7-14(26-2)9-17(16)27-19/h3-10,23H,1-2H3. The van der Waals surface area contributed by atoms with Crippen LogP contribution in [0.15, 0.2) is 52.3 Å². The van der Waals surface area contributed by atoms with E-state index in [1.807, 2.05) is 49.4 Å². The predicted octanol–water partition coefficient (Wildman–Crippen LogP) is 4.45. The van der Waals surface area contributed by atoms with Crippen LogP contribution in [-0.2, 0) is 0 Å². The topological polar surface area (TPSA) is 72.3 Å². The maximum Gasteiger partial charge on any atom is 0.280 e. The smallest absolute Gasteiger partial charge is 0.280 e. The highest BCUT2D eigenvalue weighted by Gasteiger charge is 2.11. The first-order valence-electron chi connectivity index (χ1n) is 8.11. The quantitative estimate of drug-likeness (QED) is 0.340. The third-order valence-electron chi connectivity index (χ3n) is 4.09. The third kappa shape index (κ3) is 3.54. The molecule has 0 bridgehead atoms. The van der Waals surface area contributed by atoms with E-state index < -0.39 is 0 Å². The van der Waals surface area contributed by atoms with E-state index >= 15 is 0 Å². The van der Waals surface area contributed by atoms with Gasteiger partial charge in [0.2, 0.25) is 5.13 Å². The van der Waals surface area contributed by atoms with Crippen molar-refractivity contribution < 1.29 is 4.74 Å². The molecule has 0 aliphatic carbocycles. The van der Waals surface area contributed by atoms with Crippen molar-refractivity contribution in [3.63, 3.8) is 0 Å². The first kappa shape index (κ1) is 17.9. The SMILES string of the molecule is COc1ccc2nc(N=Cc3c(C)[nH]n(-c4ccc(I)cc4)c3=O)sc2c1. The summed E-state index contributed by atoms with van der Waals surface area (Å²) in [6, 6.07) is 13.4. The third-order valence-corrected chi connectivity index (χ3v) is 5.74. The van der Waals surface area contributed by atoms with Gasteiger partial charge in [-0.1, -0.05) is 11.3 Å². The van der Waals surface area contributed by atoms with Crippen LogP contribution < -0.4 is 10.3 Å². The number of H-pyrrole nitrogens is 1. The zero-order valence-electron chi connectivity index (χ0n) is 14.6. The number of benzene rings is 2. The summed E-state index contributed by atoms with van der Waals surface area (Å²) in [7, 11) is 1.63. The molecule has 2 heterocycles. The molecular formula is C19H15IN4O2S. The predicted molar refractivity (Wildman–Crippen MR) is 117 cm³/mol. The highest BCUT2D eigenvalue weighted by molar-refractivity contribution is 14.1. The minimum absolute atomic E-state index is 0.139. The Labute approximate surface area is 172 Å². The minimum Gasteiger partial charge on any atom is -0.497 e. The van der Waals surface area contributed by atoms with Gasteiger partial charge in [-0.2, -0.15) is 0 Å². The number of nitrogens with zero attached hydrogens (tertiary/aromatic N) is 3. The second-order valence-corrected chi connectivity index (χ2v) is 8.11. The fourth-order valence-corrected chi connectivity index (χ4v) is 3.88. The summed E-state index contributed by atoms with van der Waals surface area (Å²) in [4.78, 5) is 21.7. The lowest BCUT2D eigenvalue weighted by Crippen LogP contribution is -2.17. The van der Waals surface area contributed by atoms with Gasteiger partial charge in [-0.25, -0.2) is 14.7 Å². The van der Waals surface area contributed by atoms with Gasteiger partial charge < -0.3 is 4.74 Å². The van der Waals surface area contributed by atoms with E-state index in [1.54, 1.807) is 13.3 Å². The van der Waals surface area contributed by atoms with Gasteiger partial charge in [-0.05, 0) is 72.0 Å². The second-order valence-electron chi connectivity index (χ2n) is 5.86. The van der Waals surface area contributed by atoms with Gasteiger partial charge in [0.05, 0.1) is 28.6 Å². The molecule has 0 spiro atoms. The minimum atomic E-state index is -0.139. The molecule has 8 heteroatoms. The number of hydrogen-bond donors (Lipinski definition) is 1. The molecular weight excluding hydrogens is 475 g/mol. The Morgan fingerprint density at radius 3 is 2.78 bits per heavy atom. The number of aryl methyl sites for hydroxylation is 1. The first-order chi connectivity index (χ1) is 13.0. The van der Waals surface area contributed by atoms with Gasteiger partial charge in [0, 0.05) is 15.5 Å². The second kappa shape index (κ2) is 7.28. The summed E-state index contributed by atoms with van der Waals surface area (Å²) < 4.78 is 8.86. The lowest BCUT2D eigenvalue weighted by molar-refractivity contribution is 0.415. The Hall–Kier alpha value is -2.46. The summed E-state index contributed by atoms with van der Waals surface area (Å²) in [5, 5.41) is 3.70. The number of fused-ring (bicyclic) bond motifs is 1. The normalized spacial score (nSPS) is 11.5. The zero-order chi connectivity index (χ0) is 19.0. The van der Waals surface area contributed by atoms with Crippen molar-refractivity contribution >= 4 is 55.5 Å². The number of methoxy groups -OCH3 is 1. The van der Waals surface area contributed by atoms with E-state index in [4.69, 9.17) is 4.74 Å². The van der Waals surface area contributed by atoms with Crippen LogP contribution in [-0.4, -0.2) is 28.1 Å². The van der Waals surface area contributed by atoms with Crippen molar-refractivity contribution in [2.45, 2.75) is 6.92 Å². The zero-order valence-corrected chi connectivity index (χ0v) is 17.5. The molecule has 27 heavy (non-hydrogen) atoms. The summed E-state index contributed by atoms with van der Waals surface area (Å²) in [6.07, 6.45) is 1.58. The Morgan fingerprint density at radius 1 is 1.26 bits per heavy atom. The number of nitrogens with one attached hydrogen (secondary N) is 1. The van der Waals surface area contributed by atoms with Crippen molar-refractivity contribution in [1.82, 2.24) is 14.8 Å². The Morgan fingerprint density at radius 2 is 2.04 bits per heavy atom. The molecule has 0 radical (unpaired) electrons. The molecule has 0 saturated heterocycles. The average molecular weight is 490 g/mol. The van der Waals surface area contributed by atoms with Crippen LogP contribution in [0.1, 0.15) is 11.3 Å². The summed E-state index contributed by atoms with van der Waals surface area (Å²) in [6.45, 7) is 1.86. The average Bonchev–Trinajstić information content (AvgIpc) is 3.20. The maximum atomic E-state index is 12.8. The van der Waals surface area contributed by atoms with E-state index in [0.717, 1.165) is 30.9 Å². The Kier molecular flexibility index (Phi) is 4.83. The number of halogens is 1. The molecule has 0 unspecified atom stereocenters. The van der Waals surface area contributed by atoms with Crippen LogP contribution in [0, 0.1) is 10.5 Å². The molecule has 2 aromatic heterocycles. The van der Waals surface area contributed by atoms with Crippen LogP contribution >= 0.6 is 33.9 Å². The molecule has 4 aromatic rings. The van der Waals surface area contributed by atoms with Crippen LogP contribution in [0.5, 0.6) is 5.75 Å². The number of aromatic amines is 1. The van der Waals surface area contributed by atoms with E-state index in [2.05, 4.69) is 37.7 Å². The molecule has 0 atom stereocenters. The fourth-order valence-electron chi connectivity index (χ4n) is 2.68. The lowest BCUT2D eigenvalue weighted by atomic mass is 10.3. The Bertz CT molecular complexity index is 1200. The number of aromatic nitrogens is 3. The van der Waals surface area contributed by atoms with Crippen LogP contribution in [0.4, 0.5) is 5.13 Å². The molecule has 6 nitrogen and oxygen atoms in total. The van der Waals surface area contributed by atoms with Gasteiger partial charge in [-0.15, -0.1) is 0 Å². The fraction of sp³-hybridized carbons (Fsp3) is 0.105. The first-order valence-corrected chi connectivity index (χ1v) is 10.0. The van der Waals surface area contributed by atoms with Crippen molar-refractivity contribution in [3.05, 3.63) is 67.6 Å². The van der Waals surface area contributed by atoms with Gasteiger partial charge in [0.25, 0.3) is 5.56 Å². The van der Waals surface area contributed by atoms with Crippen molar-refractivity contribution in [3.8, 4) is 11.4 Å². The molecule has 1 N–H and O–H groups in total. The van der Waals surface area contributed by atoms with Crippen molar-refractivity contribution in [1.29, 1.82) is 0 Å². The molecule has 0 amide bonds. The summed E-state index contributed by atoms with van der Waals surface area (Å²) >= 11 is 3.69. The van der Waals surface area contributed by atoms with Crippen molar-refractivity contribution in [2.75, 3.05) is 7.11 Å². The highest BCUT2D eigenvalue weighted by atomic mass is 127. The summed E-state index contributed by atoms with van der Waals surface area (Å²) in [5.74, 6) is 0.781. The van der Waals surface area contributed by atoms with Gasteiger partial charge in [0.1, 0.15) is 5.75 Å². The number of hydrogen-bond acceptors (Lipinski definition) is 5. The Balaban J connectivity index is 1.68. The molecule has 4 rings (SSSR count). The van der Waals surface area contributed by atoms with Gasteiger partial charge in [0.15, 0.2) is 0 Å². The van der Waals surface area contributed by atoms with Gasteiger partial charge in [-0.3, -0.25) is 9.89 Å². The maximum absolute atomic E-state index is 12.8. The van der Waals surface area contributed by atoms with E-state index in [-0.39, 0.29) is 5.56 Å². The van der Waals surface area contributed by atoms with Crippen LogP contribution in [0.2, 0.25) is 0 Å². The van der Waals surface area contributed by atoms with Crippen LogP contribution in [0.25, 0.3) is 15.9 Å².